The van der Waals surface area contributed by atoms with Crippen molar-refractivity contribution in [3.05, 3.63) is 29.8 Å². The van der Waals surface area contributed by atoms with Crippen LogP contribution in [0, 0.1) is 5.92 Å². The summed E-state index contributed by atoms with van der Waals surface area (Å²) in [6.07, 6.45) is 1.09. The van der Waals surface area contributed by atoms with Crippen LogP contribution < -0.4 is 5.73 Å². The van der Waals surface area contributed by atoms with Crippen molar-refractivity contribution in [3.63, 3.8) is 0 Å². The van der Waals surface area contributed by atoms with E-state index < -0.39 is 0 Å². The zero-order chi connectivity index (χ0) is 11.4. The largest absolute Gasteiger partial charge is 0.381 e. The van der Waals surface area contributed by atoms with Gasteiger partial charge < -0.3 is 10.5 Å². The van der Waals surface area contributed by atoms with E-state index in [4.69, 9.17) is 10.5 Å². The minimum Gasteiger partial charge on any atom is -0.381 e. The second-order valence-corrected chi connectivity index (χ2v) is 5.49. The minimum absolute atomic E-state index is 0.128. The number of nitrogens with two attached hydrogens (primary N) is 1. The highest BCUT2D eigenvalue weighted by Gasteiger charge is 2.23. The van der Waals surface area contributed by atoms with E-state index >= 15 is 0 Å². The summed E-state index contributed by atoms with van der Waals surface area (Å²) in [6.45, 7) is 3.84. The highest BCUT2D eigenvalue weighted by Crippen LogP contribution is 2.28. The Hall–Kier alpha value is -0.510. The normalized spacial score (nSPS) is 22.2. The zero-order valence-corrected chi connectivity index (χ0v) is 10.5. The summed E-state index contributed by atoms with van der Waals surface area (Å²) < 4.78 is 5.38. The first-order valence-electron chi connectivity index (χ1n) is 5.87. The second-order valence-electron chi connectivity index (χ2n) is 4.15. The molecule has 88 valence electrons. The summed E-state index contributed by atoms with van der Waals surface area (Å²) in [4.78, 5) is 1.32. The fraction of sp³-hybridized carbons (Fsp3) is 0.538. The van der Waals surface area contributed by atoms with Crippen LogP contribution in [0.25, 0.3) is 0 Å². The molecule has 0 aliphatic carbocycles. The average molecular weight is 237 g/mol. The van der Waals surface area contributed by atoms with Crippen molar-refractivity contribution in [2.45, 2.75) is 24.3 Å². The Kier molecular flexibility index (Phi) is 4.27. The Bertz CT molecular complexity index is 319. The number of hydrogen-bond donors (Lipinski definition) is 1. The van der Waals surface area contributed by atoms with Gasteiger partial charge in [-0.1, -0.05) is 19.1 Å². The molecule has 3 heteroatoms. The quantitative estimate of drug-likeness (QED) is 0.818. The molecule has 2 nitrogen and oxygen atoms in total. The predicted octanol–water partition coefficient (Wildman–Crippen LogP) is 2.83. The molecule has 1 aromatic rings. The van der Waals surface area contributed by atoms with Gasteiger partial charge in [-0.15, -0.1) is 11.8 Å². The SMILES string of the molecule is CCSc1ccc(C(N)C2CCOC2)cc1. The third-order valence-corrected chi connectivity index (χ3v) is 3.94. The van der Waals surface area contributed by atoms with Gasteiger partial charge in [-0.25, -0.2) is 0 Å². The van der Waals surface area contributed by atoms with Gasteiger partial charge in [-0.05, 0) is 29.9 Å². The average Bonchev–Trinajstić information content (AvgIpc) is 2.83. The number of hydrogen-bond acceptors (Lipinski definition) is 3. The van der Waals surface area contributed by atoms with Crippen molar-refractivity contribution in [2.75, 3.05) is 19.0 Å². The summed E-state index contributed by atoms with van der Waals surface area (Å²) in [6, 6.07) is 8.77. The lowest BCUT2D eigenvalue weighted by molar-refractivity contribution is 0.181. The van der Waals surface area contributed by atoms with E-state index in [0.29, 0.717) is 5.92 Å². The molecule has 2 N–H and O–H groups in total. The lowest BCUT2D eigenvalue weighted by Gasteiger charge is -2.18. The molecular weight excluding hydrogens is 218 g/mol. The molecule has 0 bridgehead atoms. The van der Waals surface area contributed by atoms with Gasteiger partial charge in [0.25, 0.3) is 0 Å². The number of ether oxygens (including phenoxy) is 1. The molecule has 0 spiro atoms. The van der Waals surface area contributed by atoms with Gasteiger partial charge in [-0.3, -0.25) is 0 Å². The van der Waals surface area contributed by atoms with Crippen molar-refractivity contribution in [2.24, 2.45) is 11.7 Å². The van der Waals surface area contributed by atoms with Crippen LogP contribution in [0.5, 0.6) is 0 Å². The van der Waals surface area contributed by atoms with Crippen LogP contribution in [-0.2, 0) is 4.74 Å². The lowest BCUT2D eigenvalue weighted by Crippen LogP contribution is -2.21. The van der Waals surface area contributed by atoms with E-state index in [-0.39, 0.29) is 6.04 Å². The minimum atomic E-state index is 0.128. The maximum Gasteiger partial charge on any atom is 0.0513 e. The molecular formula is C13H19NOS. The first-order chi connectivity index (χ1) is 7.81. The molecule has 1 heterocycles. The van der Waals surface area contributed by atoms with Gasteiger partial charge in [0.1, 0.15) is 0 Å². The van der Waals surface area contributed by atoms with Crippen LogP contribution in [-0.4, -0.2) is 19.0 Å². The maximum atomic E-state index is 6.24. The third kappa shape index (κ3) is 2.78. The Morgan fingerprint density at radius 2 is 2.19 bits per heavy atom. The van der Waals surface area contributed by atoms with Gasteiger partial charge in [-0.2, -0.15) is 0 Å². The van der Waals surface area contributed by atoms with Crippen LogP contribution >= 0.6 is 11.8 Å². The standard InChI is InChI=1S/C13H19NOS/c1-2-16-12-5-3-10(4-6-12)13(14)11-7-8-15-9-11/h3-6,11,13H,2,7-9,14H2,1H3. The third-order valence-electron chi connectivity index (χ3n) is 3.05. The Balaban J connectivity index is 2.02. The van der Waals surface area contributed by atoms with Crippen molar-refractivity contribution in [1.29, 1.82) is 0 Å². The first kappa shape index (κ1) is 12.0. The predicted molar refractivity (Wildman–Crippen MR) is 68.7 cm³/mol. The molecule has 0 aromatic heterocycles. The van der Waals surface area contributed by atoms with Crippen LogP contribution in [0.3, 0.4) is 0 Å². The molecule has 0 saturated carbocycles. The molecule has 2 atom stereocenters. The van der Waals surface area contributed by atoms with Crippen molar-refractivity contribution in [3.8, 4) is 0 Å². The summed E-state index contributed by atoms with van der Waals surface area (Å²) in [5.41, 5.74) is 7.47. The van der Waals surface area contributed by atoms with Crippen LogP contribution in [0.4, 0.5) is 0 Å². The van der Waals surface area contributed by atoms with E-state index in [9.17, 15) is 0 Å². The van der Waals surface area contributed by atoms with Crippen molar-refractivity contribution in [1.82, 2.24) is 0 Å². The summed E-state index contributed by atoms with van der Waals surface area (Å²) >= 11 is 1.86. The fourth-order valence-corrected chi connectivity index (χ4v) is 2.72. The van der Waals surface area contributed by atoms with Crippen LogP contribution in [0.15, 0.2) is 29.2 Å². The molecule has 1 aromatic carbocycles. The van der Waals surface area contributed by atoms with E-state index in [1.165, 1.54) is 10.5 Å². The summed E-state index contributed by atoms with van der Waals surface area (Å²) in [7, 11) is 0. The Morgan fingerprint density at radius 3 is 2.75 bits per heavy atom. The van der Waals surface area contributed by atoms with Crippen molar-refractivity contribution < 1.29 is 4.74 Å². The summed E-state index contributed by atoms with van der Waals surface area (Å²) in [5.74, 6) is 1.60. The monoisotopic (exact) mass is 237 g/mol. The second kappa shape index (κ2) is 5.71. The molecule has 1 saturated heterocycles. The van der Waals surface area contributed by atoms with Crippen LogP contribution in [0.2, 0.25) is 0 Å². The topological polar surface area (TPSA) is 35.2 Å². The van der Waals surface area contributed by atoms with Gasteiger partial charge in [0, 0.05) is 23.5 Å². The van der Waals surface area contributed by atoms with Gasteiger partial charge in [0.15, 0.2) is 0 Å². The highest BCUT2D eigenvalue weighted by molar-refractivity contribution is 7.99. The molecule has 1 aliphatic heterocycles. The van der Waals surface area contributed by atoms with Crippen LogP contribution in [0.1, 0.15) is 24.9 Å². The summed E-state index contributed by atoms with van der Waals surface area (Å²) in [5, 5.41) is 0. The molecule has 1 fully saturated rings. The van der Waals surface area contributed by atoms with E-state index in [0.717, 1.165) is 25.4 Å². The van der Waals surface area contributed by atoms with Gasteiger partial charge >= 0.3 is 0 Å². The number of rotatable bonds is 4. The van der Waals surface area contributed by atoms with Gasteiger partial charge in [0.2, 0.25) is 0 Å². The number of thioether (sulfide) groups is 1. The lowest BCUT2D eigenvalue weighted by atomic mass is 9.93. The highest BCUT2D eigenvalue weighted by atomic mass is 32.2. The molecule has 0 amide bonds. The van der Waals surface area contributed by atoms with E-state index in [2.05, 4.69) is 31.2 Å². The maximum absolute atomic E-state index is 6.24. The van der Waals surface area contributed by atoms with Crippen molar-refractivity contribution >= 4 is 11.8 Å². The van der Waals surface area contributed by atoms with E-state index in [1.807, 2.05) is 11.8 Å². The Labute approximate surface area is 102 Å². The zero-order valence-electron chi connectivity index (χ0n) is 9.69. The smallest absolute Gasteiger partial charge is 0.0513 e. The first-order valence-corrected chi connectivity index (χ1v) is 6.86. The molecule has 0 radical (unpaired) electrons. The fourth-order valence-electron chi connectivity index (χ4n) is 2.06. The number of benzene rings is 1. The van der Waals surface area contributed by atoms with Gasteiger partial charge in [0.05, 0.1) is 6.61 Å². The molecule has 1 aliphatic rings. The molecule has 16 heavy (non-hydrogen) atoms. The van der Waals surface area contributed by atoms with E-state index in [1.54, 1.807) is 0 Å². The Morgan fingerprint density at radius 1 is 1.44 bits per heavy atom. The molecule has 2 unspecified atom stereocenters. The molecule has 2 rings (SSSR count).